The van der Waals surface area contributed by atoms with Crippen molar-refractivity contribution in [2.45, 2.75) is 6.92 Å². The number of nitrogens with zero attached hydrogens (tertiary/aromatic N) is 1. The number of hydrogen-bond acceptors (Lipinski definition) is 4. The fourth-order valence-electron chi connectivity index (χ4n) is 1.59. The number of nitrogens with two attached hydrogens (primary N) is 1. The number of carbonyl (C=O) groups excluding carboxylic acids is 1. The third kappa shape index (κ3) is 3.08. The van der Waals surface area contributed by atoms with E-state index in [2.05, 4.69) is 20.9 Å². The zero-order chi connectivity index (χ0) is 14.7. The van der Waals surface area contributed by atoms with Gasteiger partial charge >= 0.3 is 0 Å². The van der Waals surface area contributed by atoms with E-state index in [1.165, 1.54) is 13.2 Å². The molecular formula is C14H13BrN2O3. The van der Waals surface area contributed by atoms with E-state index in [1.54, 1.807) is 24.4 Å². The van der Waals surface area contributed by atoms with Gasteiger partial charge < -0.3 is 15.2 Å². The Morgan fingerprint density at radius 1 is 1.30 bits per heavy atom. The predicted molar refractivity (Wildman–Crippen MR) is 78.3 cm³/mol. The molecule has 1 heterocycles. The van der Waals surface area contributed by atoms with Gasteiger partial charge in [0.25, 0.3) is 0 Å². The Kier molecular flexibility index (Phi) is 4.24. The van der Waals surface area contributed by atoms with Crippen LogP contribution in [0.3, 0.4) is 0 Å². The normalized spacial score (nSPS) is 10.2. The monoisotopic (exact) mass is 336 g/mol. The standard InChI is InChI=1S/C14H13BrN2O3/c1-8-5-13(17-7-10(8)15)20-11-4-3-9(14(16)18)6-12(11)19-2/h3-7H,1-2H3,(H2,16,18). The smallest absolute Gasteiger partial charge is 0.248 e. The van der Waals surface area contributed by atoms with Gasteiger partial charge in [-0.15, -0.1) is 0 Å². The number of primary amides is 1. The number of aryl methyl sites for hydroxylation is 1. The summed E-state index contributed by atoms with van der Waals surface area (Å²) in [6, 6.07) is 6.53. The molecule has 1 amide bonds. The molecule has 0 radical (unpaired) electrons. The first kappa shape index (κ1) is 14.3. The first-order chi connectivity index (χ1) is 9.51. The highest BCUT2D eigenvalue weighted by atomic mass is 79.9. The second-order valence-corrected chi connectivity index (χ2v) is 4.96. The van der Waals surface area contributed by atoms with E-state index in [9.17, 15) is 4.79 Å². The average molecular weight is 337 g/mol. The van der Waals surface area contributed by atoms with Crippen molar-refractivity contribution < 1.29 is 14.3 Å². The van der Waals surface area contributed by atoms with Gasteiger partial charge in [0.05, 0.1) is 7.11 Å². The number of carbonyl (C=O) groups is 1. The van der Waals surface area contributed by atoms with Crippen molar-refractivity contribution in [3.05, 3.63) is 46.1 Å². The summed E-state index contributed by atoms with van der Waals surface area (Å²) in [5.74, 6) is 0.804. The second-order valence-electron chi connectivity index (χ2n) is 4.10. The van der Waals surface area contributed by atoms with Crippen LogP contribution < -0.4 is 15.2 Å². The third-order valence-corrected chi connectivity index (χ3v) is 3.51. The fourth-order valence-corrected chi connectivity index (χ4v) is 1.80. The third-order valence-electron chi connectivity index (χ3n) is 2.68. The number of hydrogen-bond donors (Lipinski definition) is 1. The molecule has 5 nitrogen and oxygen atoms in total. The van der Waals surface area contributed by atoms with Crippen LogP contribution in [0.4, 0.5) is 0 Å². The fraction of sp³-hybridized carbons (Fsp3) is 0.143. The molecule has 1 aromatic heterocycles. The lowest BCUT2D eigenvalue weighted by atomic mass is 10.2. The Morgan fingerprint density at radius 3 is 2.65 bits per heavy atom. The van der Waals surface area contributed by atoms with Gasteiger partial charge in [-0.25, -0.2) is 4.98 Å². The average Bonchev–Trinajstić information content (AvgIpc) is 2.43. The topological polar surface area (TPSA) is 74.4 Å². The van der Waals surface area contributed by atoms with E-state index in [1.807, 2.05) is 6.92 Å². The van der Waals surface area contributed by atoms with Crippen molar-refractivity contribution in [3.63, 3.8) is 0 Å². The number of aromatic nitrogens is 1. The summed E-state index contributed by atoms with van der Waals surface area (Å²) in [5.41, 5.74) is 6.58. The molecule has 104 valence electrons. The van der Waals surface area contributed by atoms with E-state index < -0.39 is 5.91 Å². The lowest BCUT2D eigenvalue weighted by Gasteiger charge is -2.11. The summed E-state index contributed by atoms with van der Waals surface area (Å²) in [5, 5.41) is 0. The minimum atomic E-state index is -0.521. The van der Waals surface area contributed by atoms with Crippen molar-refractivity contribution in [2.24, 2.45) is 5.73 Å². The van der Waals surface area contributed by atoms with Gasteiger partial charge in [0.2, 0.25) is 11.8 Å². The SMILES string of the molecule is COc1cc(C(N)=O)ccc1Oc1cc(C)c(Br)cn1. The molecule has 0 saturated carbocycles. The van der Waals surface area contributed by atoms with Crippen LogP contribution in [-0.2, 0) is 0 Å². The zero-order valence-electron chi connectivity index (χ0n) is 11.0. The van der Waals surface area contributed by atoms with Crippen LogP contribution in [0, 0.1) is 6.92 Å². The Hall–Kier alpha value is -2.08. The largest absolute Gasteiger partial charge is 0.493 e. The van der Waals surface area contributed by atoms with Gasteiger partial charge in [-0.2, -0.15) is 0 Å². The molecule has 0 aliphatic rings. The Bertz CT molecular complexity index is 659. The maximum Gasteiger partial charge on any atom is 0.248 e. The highest BCUT2D eigenvalue weighted by Gasteiger charge is 2.10. The van der Waals surface area contributed by atoms with Gasteiger partial charge in [0.1, 0.15) is 0 Å². The van der Waals surface area contributed by atoms with E-state index in [-0.39, 0.29) is 0 Å². The molecule has 2 aromatic rings. The number of rotatable bonds is 4. The van der Waals surface area contributed by atoms with Crippen molar-refractivity contribution in [3.8, 4) is 17.4 Å². The minimum absolute atomic E-state index is 0.356. The Labute approximate surface area is 124 Å². The summed E-state index contributed by atoms with van der Waals surface area (Å²) >= 11 is 3.37. The lowest BCUT2D eigenvalue weighted by molar-refractivity contribution is 0.1000. The van der Waals surface area contributed by atoms with Gasteiger partial charge in [-0.3, -0.25) is 4.79 Å². The number of amides is 1. The van der Waals surface area contributed by atoms with Gasteiger partial charge in [-0.05, 0) is 46.6 Å². The number of pyridine rings is 1. The van der Waals surface area contributed by atoms with E-state index >= 15 is 0 Å². The minimum Gasteiger partial charge on any atom is -0.493 e. The van der Waals surface area contributed by atoms with Gasteiger partial charge in [0, 0.05) is 22.3 Å². The molecule has 20 heavy (non-hydrogen) atoms. The first-order valence-corrected chi connectivity index (χ1v) is 6.58. The highest BCUT2D eigenvalue weighted by Crippen LogP contribution is 2.32. The molecule has 6 heteroatoms. The van der Waals surface area contributed by atoms with Crippen LogP contribution in [0.25, 0.3) is 0 Å². The summed E-state index contributed by atoms with van der Waals surface area (Å²) in [6.07, 6.45) is 1.66. The number of halogens is 1. The molecule has 0 unspecified atom stereocenters. The van der Waals surface area contributed by atoms with Crippen LogP contribution in [0.5, 0.6) is 17.4 Å². The lowest BCUT2D eigenvalue weighted by Crippen LogP contribution is -2.10. The molecule has 0 saturated heterocycles. The van der Waals surface area contributed by atoms with Crippen molar-refractivity contribution >= 4 is 21.8 Å². The predicted octanol–water partition coefficient (Wildman–Crippen LogP) is 3.05. The van der Waals surface area contributed by atoms with Crippen molar-refractivity contribution in [1.29, 1.82) is 0 Å². The van der Waals surface area contributed by atoms with Crippen LogP contribution in [0.1, 0.15) is 15.9 Å². The molecule has 2 N–H and O–H groups in total. The molecule has 0 spiro atoms. The molecule has 0 aliphatic heterocycles. The van der Waals surface area contributed by atoms with Crippen LogP contribution in [0.2, 0.25) is 0 Å². The molecule has 0 atom stereocenters. The summed E-state index contributed by atoms with van der Waals surface area (Å²) in [7, 11) is 1.49. The molecule has 2 rings (SSSR count). The maximum atomic E-state index is 11.1. The van der Waals surface area contributed by atoms with Crippen LogP contribution >= 0.6 is 15.9 Å². The summed E-state index contributed by atoms with van der Waals surface area (Å²) < 4.78 is 11.8. The quantitative estimate of drug-likeness (QED) is 0.930. The van der Waals surface area contributed by atoms with Gasteiger partial charge in [0.15, 0.2) is 11.5 Å². The van der Waals surface area contributed by atoms with E-state index in [0.717, 1.165) is 10.0 Å². The summed E-state index contributed by atoms with van der Waals surface area (Å²) in [4.78, 5) is 15.3. The highest BCUT2D eigenvalue weighted by molar-refractivity contribution is 9.10. The maximum absolute atomic E-state index is 11.1. The molecule has 0 aliphatic carbocycles. The Morgan fingerprint density at radius 2 is 2.05 bits per heavy atom. The van der Waals surface area contributed by atoms with Crippen molar-refractivity contribution in [1.82, 2.24) is 4.98 Å². The molecule has 1 aromatic carbocycles. The molecule has 0 fully saturated rings. The van der Waals surface area contributed by atoms with Crippen LogP contribution in [-0.4, -0.2) is 18.0 Å². The van der Waals surface area contributed by atoms with Crippen molar-refractivity contribution in [2.75, 3.05) is 7.11 Å². The number of ether oxygens (including phenoxy) is 2. The van der Waals surface area contributed by atoms with Gasteiger partial charge in [-0.1, -0.05) is 0 Å². The van der Waals surface area contributed by atoms with E-state index in [4.69, 9.17) is 15.2 Å². The Balaban J connectivity index is 2.32. The second kappa shape index (κ2) is 5.92. The molecular weight excluding hydrogens is 324 g/mol. The summed E-state index contributed by atoms with van der Waals surface area (Å²) in [6.45, 7) is 1.94. The molecule has 0 bridgehead atoms. The number of methoxy groups -OCH3 is 1. The first-order valence-electron chi connectivity index (χ1n) is 5.79. The number of benzene rings is 1. The van der Waals surface area contributed by atoms with E-state index in [0.29, 0.717) is 22.9 Å². The zero-order valence-corrected chi connectivity index (χ0v) is 12.6. The van der Waals surface area contributed by atoms with Crippen LogP contribution in [0.15, 0.2) is 34.9 Å².